The van der Waals surface area contributed by atoms with Crippen molar-refractivity contribution >= 4 is 5.82 Å². The van der Waals surface area contributed by atoms with Crippen LogP contribution in [0.4, 0.5) is 5.82 Å². The van der Waals surface area contributed by atoms with Gasteiger partial charge in [0.05, 0.1) is 0 Å². The van der Waals surface area contributed by atoms with E-state index >= 15 is 0 Å². The van der Waals surface area contributed by atoms with Gasteiger partial charge in [0.1, 0.15) is 5.82 Å². The number of rotatable bonds is 2. The average molecular weight is 219 g/mol. The summed E-state index contributed by atoms with van der Waals surface area (Å²) >= 11 is 0. The van der Waals surface area contributed by atoms with Crippen molar-refractivity contribution in [3.05, 3.63) is 23.9 Å². The maximum atomic E-state index is 5.89. The van der Waals surface area contributed by atoms with Gasteiger partial charge in [0.2, 0.25) is 0 Å². The summed E-state index contributed by atoms with van der Waals surface area (Å²) in [5.74, 6) is 2.58. The minimum absolute atomic E-state index is 0.0826. The highest BCUT2D eigenvalue weighted by atomic mass is 15.2. The molecule has 88 valence electrons. The largest absolute Gasteiger partial charge is 0.356 e. The molecule has 0 amide bonds. The van der Waals surface area contributed by atoms with E-state index in [9.17, 15) is 0 Å². The van der Waals surface area contributed by atoms with Gasteiger partial charge in [0.15, 0.2) is 0 Å². The van der Waals surface area contributed by atoms with Crippen molar-refractivity contribution in [2.75, 3.05) is 18.0 Å². The lowest BCUT2D eigenvalue weighted by Gasteiger charge is -2.18. The molecule has 0 aliphatic carbocycles. The predicted octanol–water partition coefficient (Wildman–Crippen LogP) is 2.19. The molecular formula is C13H21N3. The summed E-state index contributed by atoms with van der Waals surface area (Å²) in [5.41, 5.74) is 7.05. The van der Waals surface area contributed by atoms with E-state index in [2.05, 4.69) is 29.8 Å². The molecule has 0 radical (unpaired) electrons. The van der Waals surface area contributed by atoms with Crippen LogP contribution in [-0.4, -0.2) is 18.1 Å². The molecule has 2 heterocycles. The Balaban J connectivity index is 2.18. The zero-order valence-corrected chi connectivity index (χ0v) is 10.4. The normalized spacial score (nSPS) is 27.1. The molecular weight excluding hydrogens is 198 g/mol. The van der Waals surface area contributed by atoms with E-state index in [0.717, 1.165) is 36.3 Å². The molecule has 0 spiro atoms. The Bertz CT molecular complexity index is 352. The Hall–Kier alpha value is -1.09. The van der Waals surface area contributed by atoms with E-state index < -0.39 is 0 Å². The van der Waals surface area contributed by atoms with Crippen molar-refractivity contribution in [3.8, 4) is 0 Å². The van der Waals surface area contributed by atoms with E-state index in [1.807, 2.05) is 19.2 Å². The van der Waals surface area contributed by atoms with Crippen molar-refractivity contribution in [2.45, 2.75) is 26.8 Å². The first-order valence-electron chi connectivity index (χ1n) is 6.04. The monoisotopic (exact) mass is 219 g/mol. The molecule has 3 unspecified atom stereocenters. The van der Waals surface area contributed by atoms with Gasteiger partial charge in [-0.2, -0.15) is 0 Å². The third-order valence-electron chi connectivity index (χ3n) is 3.61. The number of anilines is 1. The summed E-state index contributed by atoms with van der Waals surface area (Å²) in [4.78, 5) is 6.81. The van der Waals surface area contributed by atoms with Gasteiger partial charge < -0.3 is 10.6 Å². The van der Waals surface area contributed by atoms with E-state index in [1.165, 1.54) is 0 Å². The molecule has 2 rings (SSSR count). The number of aromatic nitrogens is 1. The summed E-state index contributed by atoms with van der Waals surface area (Å²) in [6.45, 7) is 8.83. The summed E-state index contributed by atoms with van der Waals surface area (Å²) < 4.78 is 0. The molecule has 1 saturated heterocycles. The van der Waals surface area contributed by atoms with Crippen LogP contribution in [0.5, 0.6) is 0 Å². The highest BCUT2D eigenvalue weighted by Crippen LogP contribution is 2.27. The van der Waals surface area contributed by atoms with Crippen LogP contribution in [0.3, 0.4) is 0 Å². The molecule has 1 fully saturated rings. The fourth-order valence-corrected chi connectivity index (χ4v) is 2.21. The molecule has 0 aromatic carbocycles. The standard InChI is InChI=1S/C13H21N3/c1-9-7-16(8-10(9)2)13-6-12(11(3)14)4-5-15-13/h4-6,9-11H,7-8,14H2,1-3H3. The lowest BCUT2D eigenvalue weighted by atomic mass is 10.0. The lowest BCUT2D eigenvalue weighted by Crippen LogP contribution is -2.21. The van der Waals surface area contributed by atoms with Gasteiger partial charge in [0, 0.05) is 25.3 Å². The van der Waals surface area contributed by atoms with E-state index in [1.54, 1.807) is 0 Å². The second-order valence-electron chi connectivity index (χ2n) is 5.10. The second-order valence-corrected chi connectivity index (χ2v) is 5.10. The topological polar surface area (TPSA) is 42.1 Å². The Morgan fingerprint density at radius 1 is 1.38 bits per heavy atom. The fraction of sp³-hybridized carbons (Fsp3) is 0.615. The van der Waals surface area contributed by atoms with Crippen molar-refractivity contribution in [2.24, 2.45) is 17.6 Å². The van der Waals surface area contributed by atoms with Crippen LogP contribution in [0.2, 0.25) is 0 Å². The lowest BCUT2D eigenvalue weighted by molar-refractivity contribution is 0.494. The van der Waals surface area contributed by atoms with Gasteiger partial charge >= 0.3 is 0 Å². The van der Waals surface area contributed by atoms with Crippen LogP contribution in [0, 0.1) is 11.8 Å². The first kappa shape index (κ1) is 11.4. The molecule has 2 N–H and O–H groups in total. The Labute approximate surface area is 97.7 Å². The summed E-state index contributed by atoms with van der Waals surface area (Å²) in [6.07, 6.45) is 1.86. The number of nitrogens with two attached hydrogens (primary N) is 1. The van der Waals surface area contributed by atoms with Gasteiger partial charge in [-0.25, -0.2) is 4.98 Å². The second kappa shape index (κ2) is 4.42. The average Bonchev–Trinajstić information content (AvgIpc) is 2.59. The Morgan fingerprint density at radius 3 is 2.56 bits per heavy atom. The number of pyridine rings is 1. The first-order chi connectivity index (χ1) is 7.58. The quantitative estimate of drug-likeness (QED) is 0.829. The Morgan fingerprint density at radius 2 is 2.00 bits per heavy atom. The van der Waals surface area contributed by atoms with E-state index in [-0.39, 0.29) is 6.04 Å². The van der Waals surface area contributed by atoms with Crippen molar-refractivity contribution in [3.63, 3.8) is 0 Å². The van der Waals surface area contributed by atoms with Crippen LogP contribution in [0.25, 0.3) is 0 Å². The number of nitrogens with zero attached hydrogens (tertiary/aromatic N) is 2. The number of hydrogen-bond acceptors (Lipinski definition) is 3. The third kappa shape index (κ3) is 2.19. The maximum absolute atomic E-state index is 5.89. The van der Waals surface area contributed by atoms with Gasteiger partial charge in [-0.3, -0.25) is 0 Å². The van der Waals surface area contributed by atoms with Crippen molar-refractivity contribution in [1.82, 2.24) is 4.98 Å². The Kier molecular flexibility index (Phi) is 3.15. The zero-order valence-electron chi connectivity index (χ0n) is 10.4. The summed E-state index contributed by atoms with van der Waals surface area (Å²) in [6, 6.07) is 4.20. The SMILES string of the molecule is CC(N)c1ccnc(N2CC(C)C(C)C2)c1. The highest BCUT2D eigenvalue weighted by molar-refractivity contribution is 5.43. The van der Waals surface area contributed by atoms with Crippen LogP contribution in [0.1, 0.15) is 32.4 Å². The van der Waals surface area contributed by atoms with Crippen LogP contribution >= 0.6 is 0 Å². The van der Waals surface area contributed by atoms with Crippen LogP contribution in [-0.2, 0) is 0 Å². The molecule has 1 aliphatic heterocycles. The molecule has 3 heteroatoms. The predicted molar refractivity (Wildman–Crippen MR) is 67.4 cm³/mol. The molecule has 0 bridgehead atoms. The van der Waals surface area contributed by atoms with Crippen LogP contribution < -0.4 is 10.6 Å². The zero-order chi connectivity index (χ0) is 11.7. The van der Waals surface area contributed by atoms with E-state index in [4.69, 9.17) is 5.73 Å². The molecule has 0 saturated carbocycles. The molecule has 1 aromatic heterocycles. The van der Waals surface area contributed by atoms with Crippen molar-refractivity contribution < 1.29 is 0 Å². The van der Waals surface area contributed by atoms with Crippen molar-refractivity contribution in [1.29, 1.82) is 0 Å². The minimum atomic E-state index is 0.0826. The molecule has 1 aromatic rings. The van der Waals surface area contributed by atoms with Gasteiger partial charge in [-0.05, 0) is 36.5 Å². The highest BCUT2D eigenvalue weighted by Gasteiger charge is 2.26. The minimum Gasteiger partial charge on any atom is -0.356 e. The fourth-order valence-electron chi connectivity index (χ4n) is 2.21. The molecule has 3 nitrogen and oxygen atoms in total. The maximum Gasteiger partial charge on any atom is 0.128 e. The molecule has 16 heavy (non-hydrogen) atoms. The first-order valence-corrected chi connectivity index (χ1v) is 6.04. The summed E-state index contributed by atoms with van der Waals surface area (Å²) in [7, 11) is 0. The van der Waals surface area contributed by atoms with Crippen LogP contribution in [0.15, 0.2) is 18.3 Å². The molecule has 3 atom stereocenters. The van der Waals surface area contributed by atoms with Gasteiger partial charge in [0.25, 0.3) is 0 Å². The smallest absolute Gasteiger partial charge is 0.128 e. The van der Waals surface area contributed by atoms with E-state index in [0.29, 0.717) is 0 Å². The van der Waals surface area contributed by atoms with Gasteiger partial charge in [-0.15, -0.1) is 0 Å². The third-order valence-corrected chi connectivity index (χ3v) is 3.61. The summed E-state index contributed by atoms with van der Waals surface area (Å²) in [5, 5.41) is 0. The van der Waals surface area contributed by atoms with Gasteiger partial charge in [-0.1, -0.05) is 13.8 Å². The molecule has 1 aliphatic rings. The number of hydrogen-bond donors (Lipinski definition) is 1.